The molecule has 0 saturated carbocycles. The molecular formula is C17H17NO3. The van der Waals surface area contributed by atoms with Gasteiger partial charge in [-0.15, -0.1) is 0 Å². The summed E-state index contributed by atoms with van der Waals surface area (Å²) in [7, 11) is 0. The number of nitrogens with one attached hydrogen (secondary N) is 1. The standard InChI is InChI=1S/C17H17NO3/c19-11-2-1-5-14-6-3-7-15(13-14)18-17(20)10-9-16-8-4-12-21-16/h3-4,6-8,12-13,19H,2,9-11H2,(H,18,20). The number of aryl methyl sites for hydroxylation is 1. The lowest BCUT2D eigenvalue weighted by atomic mass is 10.2. The Morgan fingerprint density at radius 3 is 2.95 bits per heavy atom. The Balaban J connectivity index is 1.88. The Kier molecular flexibility index (Phi) is 5.62. The molecule has 0 bridgehead atoms. The summed E-state index contributed by atoms with van der Waals surface area (Å²) in [6.45, 7) is 0.0518. The predicted octanol–water partition coefficient (Wildman–Crippen LogP) is 2.58. The first-order chi connectivity index (χ1) is 10.3. The SMILES string of the molecule is O=C(CCc1ccco1)Nc1cccc(C#CCCO)c1. The lowest BCUT2D eigenvalue weighted by Crippen LogP contribution is -2.12. The smallest absolute Gasteiger partial charge is 0.224 e. The number of amides is 1. The molecule has 0 aliphatic carbocycles. The molecule has 2 N–H and O–H groups in total. The van der Waals surface area contributed by atoms with Gasteiger partial charge in [0.25, 0.3) is 0 Å². The van der Waals surface area contributed by atoms with E-state index in [4.69, 9.17) is 9.52 Å². The fraction of sp³-hybridized carbons (Fsp3) is 0.235. The molecule has 0 aliphatic heterocycles. The van der Waals surface area contributed by atoms with Gasteiger partial charge in [0.1, 0.15) is 5.76 Å². The zero-order chi connectivity index (χ0) is 14.9. The molecule has 0 atom stereocenters. The Bertz CT molecular complexity index is 636. The summed E-state index contributed by atoms with van der Waals surface area (Å²) >= 11 is 0. The van der Waals surface area contributed by atoms with Crippen molar-refractivity contribution >= 4 is 11.6 Å². The lowest BCUT2D eigenvalue weighted by Gasteiger charge is -2.04. The lowest BCUT2D eigenvalue weighted by molar-refractivity contribution is -0.116. The van der Waals surface area contributed by atoms with Gasteiger partial charge in [0.05, 0.1) is 12.9 Å². The number of rotatable bonds is 5. The van der Waals surface area contributed by atoms with Gasteiger partial charge in [-0.1, -0.05) is 17.9 Å². The van der Waals surface area contributed by atoms with Crippen LogP contribution in [0.15, 0.2) is 47.1 Å². The number of carbonyl (C=O) groups excluding carboxylic acids is 1. The van der Waals surface area contributed by atoms with Crippen LogP contribution in [0.3, 0.4) is 0 Å². The first-order valence-electron chi connectivity index (χ1n) is 6.80. The maximum atomic E-state index is 11.9. The van der Waals surface area contributed by atoms with Gasteiger partial charge in [-0.2, -0.15) is 0 Å². The summed E-state index contributed by atoms with van der Waals surface area (Å²) in [5.41, 5.74) is 1.53. The zero-order valence-electron chi connectivity index (χ0n) is 11.6. The van der Waals surface area contributed by atoms with Crippen molar-refractivity contribution in [1.82, 2.24) is 0 Å². The molecule has 1 aromatic heterocycles. The number of anilines is 1. The van der Waals surface area contributed by atoms with Crippen LogP contribution in [-0.2, 0) is 11.2 Å². The molecular weight excluding hydrogens is 266 g/mol. The molecule has 108 valence electrons. The van der Waals surface area contributed by atoms with E-state index >= 15 is 0 Å². The molecule has 2 rings (SSSR count). The third-order valence-electron chi connectivity index (χ3n) is 2.79. The molecule has 21 heavy (non-hydrogen) atoms. The normalized spacial score (nSPS) is 9.76. The van der Waals surface area contributed by atoms with Crippen molar-refractivity contribution in [2.24, 2.45) is 0 Å². The number of hydrogen-bond acceptors (Lipinski definition) is 3. The largest absolute Gasteiger partial charge is 0.469 e. The molecule has 4 heteroatoms. The van der Waals surface area contributed by atoms with Gasteiger partial charge in [-0.25, -0.2) is 0 Å². The van der Waals surface area contributed by atoms with Crippen molar-refractivity contribution < 1.29 is 14.3 Å². The number of aliphatic hydroxyl groups is 1. The average molecular weight is 283 g/mol. The number of aliphatic hydroxyl groups excluding tert-OH is 1. The van der Waals surface area contributed by atoms with Crippen LogP contribution in [-0.4, -0.2) is 17.6 Å². The highest BCUT2D eigenvalue weighted by Crippen LogP contribution is 2.11. The van der Waals surface area contributed by atoms with Crippen molar-refractivity contribution in [3.63, 3.8) is 0 Å². The first kappa shape index (κ1) is 14.9. The van der Waals surface area contributed by atoms with E-state index in [2.05, 4.69) is 17.2 Å². The van der Waals surface area contributed by atoms with Gasteiger partial charge in [0, 0.05) is 30.5 Å². The van der Waals surface area contributed by atoms with Crippen LogP contribution in [0, 0.1) is 11.8 Å². The van der Waals surface area contributed by atoms with E-state index in [-0.39, 0.29) is 12.5 Å². The summed E-state index contributed by atoms with van der Waals surface area (Å²) in [4.78, 5) is 11.9. The molecule has 1 heterocycles. The number of furan rings is 1. The Morgan fingerprint density at radius 1 is 1.29 bits per heavy atom. The zero-order valence-corrected chi connectivity index (χ0v) is 11.6. The second-order valence-corrected chi connectivity index (χ2v) is 4.48. The van der Waals surface area contributed by atoms with Gasteiger partial charge in [0.15, 0.2) is 0 Å². The number of benzene rings is 1. The van der Waals surface area contributed by atoms with Crippen molar-refractivity contribution in [2.75, 3.05) is 11.9 Å². The fourth-order valence-electron chi connectivity index (χ4n) is 1.81. The fourth-order valence-corrected chi connectivity index (χ4v) is 1.81. The molecule has 0 unspecified atom stereocenters. The van der Waals surface area contributed by atoms with Crippen LogP contribution >= 0.6 is 0 Å². The molecule has 0 aliphatic rings. The highest BCUT2D eigenvalue weighted by Gasteiger charge is 2.04. The van der Waals surface area contributed by atoms with Gasteiger partial charge in [-0.05, 0) is 30.3 Å². The van der Waals surface area contributed by atoms with Crippen LogP contribution in [0.25, 0.3) is 0 Å². The molecule has 1 amide bonds. The van der Waals surface area contributed by atoms with E-state index in [0.717, 1.165) is 17.0 Å². The monoisotopic (exact) mass is 283 g/mol. The highest BCUT2D eigenvalue weighted by atomic mass is 16.3. The second kappa shape index (κ2) is 7.93. The van der Waals surface area contributed by atoms with Crippen molar-refractivity contribution in [2.45, 2.75) is 19.3 Å². The van der Waals surface area contributed by atoms with E-state index in [0.29, 0.717) is 19.3 Å². The quantitative estimate of drug-likeness (QED) is 0.829. The van der Waals surface area contributed by atoms with Crippen LogP contribution in [0.1, 0.15) is 24.2 Å². The van der Waals surface area contributed by atoms with Gasteiger partial charge in [-0.3, -0.25) is 4.79 Å². The van der Waals surface area contributed by atoms with Crippen LogP contribution in [0.5, 0.6) is 0 Å². The molecule has 2 aromatic rings. The highest BCUT2D eigenvalue weighted by molar-refractivity contribution is 5.90. The van der Waals surface area contributed by atoms with Crippen molar-refractivity contribution in [1.29, 1.82) is 0 Å². The molecule has 0 spiro atoms. The predicted molar refractivity (Wildman–Crippen MR) is 80.7 cm³/mol. The van der Waals surface area contributed by atoms with E-state index in [1.807, 2.05) is 36.4 Å². The van der Waals surface area contributed by atoms with Crippen molar-refractivity contribution in [3.05, 3.63) is 54.0 Å². The summed E-state index contributed by atoms with van der Waals surface area (Å²) in [5.74, 6) is 6.52. The average Bonchev–Trinajstić information content (AvgIpc) is 2.99. The maximum Gasteiger partial charge on any atom is 0.224 e. The van der Waals surface area contributed by atoms with E-state index in [1.54, 1.807) is 6.26 Å². The number of carbonyl (C=O) groups is 1. The minimum atomic E-state index is -0.0631. The van der Waals surface area contributed by atoms with Gasteiger partial charge < -0.3 is 14.8 Å². The molecule has 4 nitrogen and oxygen atoms in total. The summed E-state index contributed by atoms with van der Waals surface area (Å²) < 4.78 is 5.19. The van der Waals surface area contributed by atoms with Crippen LogP contribution < -0.4 is 5.32 Å². The summed E-state index contributed by atoms with van der Waals surface area (Å²) in [5, 5.41) is 11.5. The Morgan fingerprint density at radius 2 is 2.19 bits per heavy atom. The topological polar surface area (TPSA) is 62.5 Å². The van der Waals surface area contributed by atoms with Crippen molar-refractivity contribution in [3.8, 4) is 11.8 Å². The van der Waals surface area contributed by atoms with Gasteiger partial charge >= 0.3 is 0 Å². The van der Waals surface area contributed by atoms with E-state index in [1.165, 1.54) is 0 Å². The molecule has 1 aromatic carbocycles. The number of hydrogen-bond donors (Lipinski definition) is 2. The van der Waals surface area contributed by atoms with E-state index in [9.17, 15) is 4.79 Å². The minimum absolute atomic E-state index is 0.0518. The maximum absolute atomic E-state index is 11.9. The Hall–Kier alpha value is -2.51. The van der Waals surface area contributed by atoms with Crippen LogP contribution in [0.2, 0.25) is 0 Å². The van der Waals surface area contributed by atoms with Crippen LogP contribution in [0.4, 0.5) is 5.69 Å². The minimum Gasteiger partial charge on any atom is -0.469 e. The van der Waals surface area contributed by atoms with E-state index < -0.39 is 0 Å². The second-order valence-electron chi connectivity index (χ2n) is 4.48. The van der Waals surface area contributed by atoms with Gasteiger partial charge in [0.2, 0.25) is 5.91 Å². The third-order valence-corrected chi connectivity index (χ3v) is 2.79. The summed E-state index contributed by atoms with van der Waals surface area (Å²) in [6, 6.07) is 11.0. The Labute approximate surface area is 123 Å². The summed E-state index contributed by atoms with van der Waals surface area (Å²) in [6.07, 6.45) is 2.99. The molecule has 0 radical (unpaired) electrons. The third kappa shape index (κ3) is 5.17. The molecule has 0 saturated heterocycles. The first-order valence-corrected chi connectivity index (χ1v) is 6.80. The molecule has 0 fully saturated rings.